The summed E-state index contributed by atoms with van der Waals surface area (Å²) in [5.74, 6) is 3.89. The molecule has 3 fully saturated rings. The van der Waals surface area contributed by atoms with Gasteiger partial charge < -0.3 is 4.90 Å². The predicted molar refractivity (Wildman–Crippen MR) is 66.3 cm³/mol. The molecular formula is C12H20N2OS. The number of hydrogen-bond donors (Lipinski definition) is 1. The number of thioether (sulfide) groups is 1. The first-order valence-electron chi connectivity index (χ1n) is 6.44. The van der Waals surface area contributed by atoms with Crippen LogP contribution < -0.4 is 5.32 Å². The maximum absolute atomic E-state index is 12.2. The Bertz CT molecular complexity index is 264. The van der Waals surface area contributed by atoms with Gasteiger partial charge >= 0.3 is 0 Å². The molecule has 1 aliphatic carbocycles. The summed E-state index contributed by atoms with van der Waals surface area (Å²) in [5.41, 5.74) is 0. The van der Waals surface area contributed by atoms with Crippen molar-refractivity contribution in [1.29, 1.82) is 0 Å². The Labute approximate surface area is 101 Å². The van der Waals surface area contributed by atoms with E-state index in [-0.39, 0.29) is 6.04 Å². The van der Waals surface area contributed by atoms with Gasteiger partial charge in [0, 0.05) is 24.7 Å². The highest BCUT2D eigenvalue weighted by Crippen LogP contribution is 2.36. The zero-order valence-corrected chi connectivity index (χ0v) is 10.5. The van der Waals surface area contributed by atoms with Crippen molar-refractivity contribution >= 4 is 17.7 Å². The summed E-state index contributed by atoms with van der Waals surface area (Å²) in [5, 5.41) is 3.29. The molecule has 3 rings (SSSR count). The van der Waals surface area contributed by atoms with Crippen LogP contribution in [0.2, 0.25) is 0 Å². The van der Waals surface area contributed by atoms with Gasteiger partial charge in [0.05, 0.1) is 6.04 Å². The molecule has 2 heterocycles. The van der Waals surface area contributed by atoms with Crippen LogP contribution in [0, 0.1) is 11.8 Å². The Morgan fingerprint density at radius 2 is 1.88 bits per heavy atom. The fourth-order valence-electron chi connectivity index (χ4n) is 3.36. The minimum Gasteiger partial charge on any atom is -0.341 e. The minimum atomic E-state index is 0.102. The van der Waals surface area contributed by atoms with Crippen molar-refractivity contribution in [2.45, 2.75) is 31.7 Å². The lowest BCUT2D eigenvalue weighted by Crippen LogP contribution is -2.44. The molecule has 0 aromatic carbocycles. The van der Waals surface area contributed by atoms with Gasteiger partial charge in [0.1, 0.15) is 0 Å². The van der Waals surface area contributed by atoms with Gasteiger partial charge in [0.25, 0.3) is 0 Å². The predicted octanol–water partition coefficient (Wildman–Crippen LogP) is 1.30. The summed E-state index contributed by atoms with van der Waals surface area (Å²) in [7, 11) is 0. The Balaban J connectivity index is 1.61. The van der Waals surface area contributed by atoms with Crippen LogP contribution in [0.25, 0.3) is 0 Å². The lowest BCUT2D eigenvalue weighted by molar-refractivity contribution is -0.131. The van der Waals surface area contributed by atoms with Crippen LogP contribution in [0.1, 0.15) is 25.7 Å². The first-order chi connectivity index (χ1) is 7.84. The molecule has 0 bridgehead atoms. The lowest BCUT2D eigenvalue weighted by atomic mass is 9.82. The average Bonchev–Trinajstić information content (AvgIpc) is 2.97. The number of amides is 1. The van der Waals surface area contributed by atoms with Gasteiger partial charge in [-0.2, -0.15) is 0 Å². The molecule has 0 aromatic heterocycles. The number of hydrogen-bond acceptors (Lipinski definition) is 3. The van der Waals surface area contributed by atoms with Crippen LogP contribution in [0.5, 0.6) is 0 Å². The van der Waals surface area contributed by atoms with Crippen molar-refractivity contribution in [3.05, 3.63) is 0 Å². The highest BCUT2D eigenvalue weighted by Gasteiger charge is 2.38. The van der Waals surface area contributed by atoms with Crippen molar-refractivity contribution < 1.29 is 4.79 Å². The Morgan fingerprint density at radius 3 is 2.44 bits per heavy atom. The van der Waals surface area contributed by atoms with E-state index >= 15 is 0 Å². The Hall–Kier alpha value is -0.220. The van der Waals surface area contributed by atoms with Crippen LogP contribution in [0.3, 0.4) is 0 Å². The van der Waals surface area contributed by atoms with E-state index in [9.17, 15) is 4.79 Å². The fourth-order valence-corrected chi connectivity index (χ4v) is 4.29. The van der Waals surface area contributed by atoms with Crippen LogP contribution >= 0.6 is 11.8 Å². The molecule has 3 aliphatic rings. The number of carbonyl (C=O) groups excluding carboxylic acids is 1. The third-order valence-electron chi connectivity index (χ3n) is 4.30. The normalized spacial score (nSPS) is 38.8. The molecule has 2 saturated heterocycles. The summed E-state index contributed by atoms with van der Waals surface area (Å²) >= 11 is 1.84. The maximum atomic E-state index is 12.2. The van der Waals surface area contributed by atoms with Gasteiger partial charge in [0.15, 0.2) is 0 Å². The summed E-state index contributed by atoms with van der Waals surface area (Å²) < 4.78 is 0. The molecule has 1 saturated carbocycles. The summed E-state index contributed by atoms with van der Waals surface area (Å²) in [6.45, 7) is 2.07. The molecule has 1 amide bonds. The molecule has 16 heavy (non-hydrogen) atoms. The summed E-state index contributed by atoms with van der Waals surface area (Å²) in [4.78, 5) is 14.4. The van der Waals surface area contributed by atoms with E-state index in [2.05, 4.69) is 10.2 Å². The maximum Gasteiger partial charge on any atom is 0.240 e. The molecule has 1 N–H and O–H groups in total. The average molecular weight is 240 g/mol. The number of rotatable bonds is 1. The van der Waals surface area contributed by atoms with E-state index in [0.29, 0.717) is 5.91 Å². The molecule has 0 spiro atoms. The molecule has 2 aliphatic heterocycles. The Kier molecular flexibility index (Phi) is 3.11. The van der Waals surface area contributed by atoms with E-state index in [1.807, 2.05) is 11.8 Å². The zero-order valence-electron chi connectivity index (χ0n) is 9.65. The smallest absolute Gasteiger partial charge is 0.240 e. The van der Waals surface area contributed by atoms with E-state index in [1.165, 1.54) is 25.7 Å². The molecular weight excluding hydrogens is 220 g/mol. The van der Waals surface area contributed by atoms with E-state index in [1.54, 1.807) is 0 Å². The number of nitrogens with zero attached hydrogens (tertiary/aromatic N) is 1. The molecule has 3 atom stereocenters. The second kappa shape index (κ2) is 4.57. The molecule has 3 unspecified atom stereocenters. The van der Waals surface area contributed by atoms with Gasteiger partial charge in [-0.3, -0.25) is 10.1 Å². The summed E-state index contributed by atoms with van der Waals surface area (Å²) in [6, 6.07) is 0.102. The third kappa shape index (κ3) is 1.97. The highest BCUT2D eigenvalue weighted by molar-refractivity contribution is 7.99. The minimum absolute atomic E-state index is 0.102. The molecule has 3 nitrogen and oxygen atoms in total. The van der Waals surface area contributed by atoms with E-state index in [4.69, 9.17) is 0 Å². The highest BCUT2D eigenvalue weighted by atomic mass is 32.2. The number of carbonyl (C=O) groups is 1. The Morgan fingerprint density at radius 1 is 1.19 bits per heavy atom. The fraction of sp³-hybridized carbons (Fsp3) is 0.917. The zero-order chi connectivity index (χ0) is 11.0. The van der Waals surface area contributed by atoms with Gasteiger partial charge in [-0.05, 0) is 24.7 Å². The standard InChI is InChI=1S/C12H20N2OS/c15-12(11-7-16-8-13-11)14-5-9-3-1-2-4-10(9)6-14/h9-11,13H,1-8H2. The van der Waals surface area contributed by atoms with E-state index < -0.39 is 0 Å². The first kappa shape index (κ1) is 10.9. The largest absolute Gasteiger partial charge is 0.341 e. The second-order valence-electron chi connectivity index (χ2n) is 5.32. The van der Waals surface area contributed by atoms with E-state index in [0.717, 1.165) is 36.6 Å². The van der Waals surface area contributed by atoms with Gasteiger partial charge in [-0.25, -0.2) is 0 Å². The quantitative estimate of drug-likeness (QED) is 0.750. The monoisotopic (exact) mass is 240 g/mol. The molecule has 90 valence electrons. The van der Waals surface area contributed by atoms with Gasteiger partial charge in [-0.15, -0.1) is 11.8 Å². The van der Waals surface area contributed by atoms with Crippen molar-refractivity contribution in [1.82, 2.24) is 10.2 Å². The molecule has 4 heteroatoms. The number of fused-ring (bicyclic) bond motifs is 1. The third-order valence-corrected chi connectivity index (χ3v) is 5.24. The summed E-state index contributed by atoms with van der Waals surface area (Å²) in [6.07, 6.45) is 5.45. The van der Waals surface area contributed by atoms with Crippen LogP contribution in [0.15, 0.2) is 0 Å². The first-order valence-corrected chi connectivity index (χ1v) is 7.60. The van der Waals surface area contributed by atoms with Crippen molar-refractivity contribution in [2.24, 2.45) is 11.8 Å². The SMILES string of the molecule is O=C(C1CSCN1)N1CC2CCCCC2C1. The van der Waals surface area contributed by atoms with Crippen LogP contribution in [-0.4, -0.2) is 41.6 Å². The van der Waals surface area contributed by atoms with Crippen molar-refractivity contribution in [3.8, 4) is 0 Å². The van der Waals surface area contributed by atoms with Crippen LogP contribution in [0.4, 0.5) is 0 Å². The number of nitrogens with one attached hydrogen (secondary N) is 1. The van der Waals surface area contributed by atoms with Gasteiger partial charge in [-0.1, -0.05) is 12.8 Å². The second-order valence-corrected chi connectivity index (χ2v) is 6.35. The van der Waals surface area contributed by atoms with Crippen molar-refractivity contribution in [2.75, 3.05) is 24.7 Å². The molecule has 0 radical (unpaired) electrons. The topological polar surface area (TPSA) is 32.3 Å². The molecule has 0 aromatic rings. The van der Waals surface area contributed by atoms with Crippen molar-refractivity contribution in [3.63, 3.8) is 0 Å². The van der Waals surface area contributed by atoms with Gasteiger partial charge in [0.2, 0.25) is 5.91 Å². The lowest BCUT2D eigenvalue weighted by Gasteiger charge is -2.22. The number of likely N-dealkylation sites (tertiary alicyclic amines) is 1. The van der Waals surface area contributed by atoms with Crippen LogP contribution in [-0.2, 0) is 4.79 Å².